The van der Waals surface area contributed by atoms with Gasteiger partial charge in [0.1, 0.15) is 0 Å². The van der Waals surface area contributed by atoms with E-state index < -0.39 is 11.8 Å². The Morgan fingerprint density at radius 3 is 2.39 bits per heavy atom. The van der Waals surface area contributed by atoms with Crippen molar-refractivity contribution in [2.24, 2.45) is 5.10 Å². The molecule has 2 rings (SSSR count). The van der Waals surface area contributed by atoms with Gasteiger partial charge in [0, 0.05) is 10.2 Å². The van der Waals surface area contributed by atoms with E-state index >= 15 is 0 Å². The SMILES string of the molecule is Cc1ccc(NC(=O)C(=O)NN=Cc2ccc(Br)cc2)c(C)c1. The number of halogens is 1. The summed E-state index contributed by atoms with van der Waals surface area (Å²) >= 11 is 3.33. The van der Waals surface area contributed by atoms with Crippen molar-refractivity contribution in [3.8, 4) is 0 Å². The second-order valence-electron chi connectivity index (χ2n) is 5.02. The van der Waals surface area contributed by atoms with E-state index in [-0.39, 0.29) is 0 Å². The molecule has 6 heteroatoms. The zero-order valence-corrected chi connectivity index (χ0v) is 14.3. The first kappa shape index (κ1) is 16.9. The molecule has 0 aromatic heterocycles. The van der Waals surface area contributed by atoms with Gasteiger partial charge in [-0.25, -0.2) is 5.43 Å². The topological polar surface area (TPSA) is 70.6 Å². The highest BCUT2D eigenvalue weighted by molar-refractivity contribution is 9.10. The summed E-state index contributed by atoms with van der Waals surface area (Å²) in [5.74, 6) is -1.58. The van der Waals surface area contributed by atoms with E-state index in [1.807, 2.05) is 50.2 Å². The molecule has 2 amide bonds. The molecule has 0 saturated heterocycles. The van der Waals surface area contributed by atoms with Crippen LogP contribution in [0.5, 0.6) is 0 Å². The van der Waals surface area contributed by atoms with E-state index in [4.69, 9.17) is 0 Å². The normalized spacial score (nSPS) is 10.6. The van der Waals surface area contributed by atoms with E-state index in [1.54, 1.807) is 6.07 Å². The van der Waals surface area contributed by atoms with Gasteiger partial charge in [0.2, 0.25) is 0 Å². The van der Waals surface area contributed by atoms with Crippen molar-refractivity contribution >= 4 is 39.6 Å². The van der Waals surface area contributed by atoms with E-state index in [0.29, 0.717) is 5.69 Å². The lowest BCUT2D eigenvalue weighted by Gasteiger charge is -2.08. The zero-order chi connectivity index (χ0) is 16.8. The molecule has 2 N–H and O–H groups in total. The van der Waals surface area contributed by atoms with Gasteiger partial charge in [0.25, 0.3) is 0 Å². The summed E-state index contributed by atoms with van der Waals surface area (Å²) < 4.78 is 0.950. The third-order valence-corrected chi connectivity index (χ3v) is 3.61. The smallest absolute Gasteiger partial charge is 0.317 e. The summed E-state index contributed by atoms with van der Waals surface area (Å²) in [7, 11) is 0. The largest absolute Gasteiger partial charge is 0.329 e. The number of hydrazone groups is 1. The second kappa shape index (κ2) is 7.69. The molecule has 0 fully saturated rings. The van der Waals surface area contributed by atoms with Gasteiger partial charge in [-0.05, 0) is 43.2 Å². The van der Waals surface area contributed by atoms with Crippen molar-refractivity contribution in [3.63, 3.8) is 0 Å². The van der Waals surface area contributed by atoms with Crippen molar-refractivity contribution in [2.45, 2.75) is 13.8 Å². The Morgan fingerprint density at radius 1 is 1.04 bits per heavy atom. The van der Waals surface area contributed by atoms with Gasteiger partial charge < -0.3 is 5.32 Å². The molecular weight excluding hydrogens is 358 g/mol. The molecule has 5 nitrogen and oxygen atoms in total. The van der Waals surface area contributed by atoms with Crippen LogP contribution in [0.2, 0.25) is 0 Å². The van der Waals surface area contributed by atoms with Crippen LogP contribution in [0.3, 0.4) is 0 Å². The number of carbonyl (C=O) groups excluding carboxylic acids is 2. The molecular formula is C17H16BrN3O2. The summed E-state index contributed by atoms with van der Waals surface area (Å²) in [5.41, 5.74) is 5.60. The van der Waals surface area contributed by atoms with Crippen molar-refractivity contribution < 1.29 is 9.59 Å². The number of hydrogen-bond acceptors (Lipinski definition) is 3. The van der Waals surface area contributed by atoms with E-state index in [0.717, 1.165) is 21.2 Å². The second-order valence-corrected chi connectivity index (χ2v) is 5.94. The fraction of sp³-hybridized carbons (Fsp3) is 0.118. The van der Waals surface area contributed by atoms with Crippen LogP contribution in [-0.4, -0.2) is 18.0 Å². The number of hydrogen-bond donors (Lipinski definition) is 2. The van der Waals surface area contributed by atoms with Crippen LogP contribution in [0.25, 0.3) is 0 Å². The summed E-state index contributed by atoms with van der Waals surface area (Å²) in [4.78, 5) is 23.6. The Bertz CT molecular complexity index is 755. The highest BCUT2D eigenvalue weighted by Crippen LogP contribution is 2.15. The molecule has 2 aromatic carbocycles. The summed E-state index contributed by atoms with van der Waals surface area (Å²) in [6.07, 6.45) is 1.47. The van der Waals surface area contributed by atoms with Gasteiger partial charge in [-0.15, -0.1) is 0 Å². The molecule has 0 saturated carbocycles. The number of nitrogens with one attached hydrogen (secondary N) is 2. The van der Waals surface area contributed by atoms with E-state index in [1.165, 1.54) is 6.21 Å². The lowest BCUT2D eigenvalue weighted by molar-refractivity contribution is -0.136. The van der Waals surface area contributed by atoms with Crippen LogP contribution in [0.15, 0.2) is 52.0 Å². The minimum atomic E-state index is -0.821. The molecule has 23 heavy (non-hydrogen) atoms. The first-order valence-corrected chi connectivity index (χ1v) is 7.72. The third-order valence-electron chi connectivity index (χ3n) is 3.09. The van der Waals surface area contributed by atoms with Gasteiger partial charge in [0.15, 0.2) is 0 Å². The maximum atomic E-state index is 11.8. The summed E-state index contributed by atoms with van der Waals surface area (Å²) in [5, 5.41) is 6.33. The minimum absolute atomic E-state index is 0.604. The molecule has 2 aromatic rings. The lowest BCUT2D eigenvalue weighted by Crippen LogP contribution is -2.32. The Morgan fingerprint density at radius 2 is 1.74 bits per heavy atom. The number of rotatable bonds is 3. The van der Waals surface area contributed by atoms with Crippen LogP contribution >= 0.6 is 15.9 Å². The van der Waals surface area contributed by atoms with Crippen LogP contribution in [0, 0.1) is 13.8 Å². The van der Waals surface area contributed by atoms with Crippen LogP contribution in [-0.2, 0) is 9.59 Å². The lowest BCUT2D eigenvalue weighted by atomic mass is 10.1. The Hall–Kier alpha value is -2.47. The summed E-state index contributed by atoms with van der Waals surface area (Å²) in [6.45, 7) is 3.83. The highest BCUT2D eigenvalue weighted by Gasteiger charge is 2.13. The van der Waals surface area contributed by atoms with Crippen molar-refractivity contribution in [1.29, 1.82) is 0 Å². The predicted octanol–water partition coefficient (Wildman–Crippen LogP) is 3.15. The molecule has 0 radical (unpaired) electrons. The molecule has 0 atom stereocenters. The van der Waals surface area contributed by atoms with Gasteiger partial charge in [-0.2, -0.15) is 5.10 Å². The molecule has 0 aliphatic carbocycles. The van der Waals surface area contributed by atoms with Gasteiger partial charge in [-0.3, -0.25) is 9.59 Å². The number of benzene rings is 2. The van der Waals surface area contributed by atoms with E-state index in [9.17, 15) is 9.59 Å². The minimum Gasteiger partial charge on any atom is -0.317 e. The van der Waals surface area contributed by atoms with Crippen molar-refractivity contribution in [1.82, 2.24) is 5.43 Å². The molecule has 0 bridgehead atoms. The van der Waals surface area contributed by atoms with Crippen LogP contribution < -0.4 is 10.7 Å². The average molecular weight is 374 g/mol. The third kappa shape index (κ3) is 5.03. The zero-order valence-electron chi connectivity index (χ0n) is 12.8. The molecule has 0 heterocycles. The highest BCUT2D eigenvalue weighted by atomic mass is 79.9. The number of carbonyl (C=O) groups is 2. The molecule has 0 unspecified atom stereocenters. The standard InChI is InChI=1S/C17H16BrN3O2/c1-11-3-8-15(12(2)9-11)20-16(22)17(23)21-19-10-13-4-6-14(18)7-5-13/h3-10H,1-2H3,(H,20,22)(H,21,23). The van der Waals surface area contributed by atoms with Crippen molar-refractivity contribution in [2.75, 3.05) is 5.32 Å². The first-order chi connectivity index (χ1) is 11.0. The van der Waals surface area contributed by atoms with Crippen molar-refractivity contribution in [3.05, 3.63) is 63.6 Å². The number of amides is 2. The fourth-order valence-corrected chi connectivity index (χ4v) is 2.16. The maximum Gasteiger partial charge on any atom is 0.329 e. The summed E-state index contributed by atoms with van der Waals surface area (Å²) in [6, 6.07) is 12.9. The quantitative estimate of drug-likeness (QED) is 0.492. The van der Waals surface area contributed by atoms with Gasteiger partial charge in [0.05, 0.1) is 6.21 Å². The number of anilines is 1. The monoisotopic (exact) mass is 373 g/mol. The Kier molecular flexibility index (Phi) is 5.65. The average Bonchev–Trinajstić information content (AvgIpc) is 2.51. The first-order valence-electron chi connectivity index (χ1n) is 6.93. The fourth-order valence-electron chi connectivity index (χ4n) is 1.90. The van der Waals surface area contributed by atoms with E-state index in [2.05, 4.69) is 31.8 Å². The van der Waals surface area contributed by atoms with Gasteiger partial charge >= 0.3 is 11.8 Å². The van der Waals surface area contributed by atoms with Gasteiger partial charge in [-0.1, -0.05) is 45.8 Å². The van der Waals surface area contributed by atoms with Crippen LogP contribution in [0.4, 0.5) is 5.69 Å². The Balaban J connectivity index is 1.92. The molecule has 0 aliphatic heterocycles. The predicted molar refractivity (Wildman–Crippen MR) is 94.4 cm³/mol. The number of nitrogens with zero attached hydrogens (tertiary/aromatic N) is 1. The van der Waals surface area contributed by atoms with Crippen LogP contribution in [0.1, 0.15) is 16.7 Å². The molecule has 0 spiro atoms. The Labute approximate surface area is 142 Å². The number of aryl methyl sites for hydroxylation is 2. The molecule has 0 aliphatic rings. The maximum absolute atomic E-state index is 11.8. The molecule has 118 valence electrons.